The molecule has 0 bridgehead atoms. The van der Waals surface area contributed by atoms with Gasteiger partial charge in [-0.2, -0.15) is 0 Å². The SMILES string of the molecule is C=C(C)C1C(C)C(C)C(CCC)C[C@H]1F. The average Bonchev–Trinajstić information content (AvgIpc) is 2.13. The highest BCUT2D eigenvalue weighted by atomic mass is 19.1. The second-order valence-corrected chi connectivity index (χ2v) is 5.39. The fourth-order valence-electron chi connectivity index (χ4n) is 3.25. The van der Waals surface area contributed by atoms with E-state index in [9.17, 15) is 4.39 Å². The third-order valence-electron chi connectivity index (χ3n) is 4.29. The van der Waals surface area contributed by atoms with Crippen LogP contribution in [0.2, 0.25) is 0 Å². The topological polar surface area (TPSA) is 0 Å². The molecule has 1 aliphatic rings. The molecule has 0 amide bonds. The van der Waals surface area contributed by atoms with Gasteiger partial charge in [0.05, 0.1) is 0 Å². The van der Waals surface area contributed by atoms with E-state index in [-0.39, 0.29) is 5.92 Å². The lowest BCUT2D eigenvalue weighted by Crippen LogP contribution is -2.39. The zero-order valence-corrected chi connectivity index (χ0v) is 10.6. The van der Waals surface area contributed by atoms with Crippen LogP contribution in [0.5, 0.6) is 0 Å². The Bertz CT molecular complexity index is 221. The van der Waals surface area contributed by atoms with E-state index in [0.717, 1.165) is 12.0 Å². The van der Waals surface area contributed by atoms with Crippen LogP contribution in [0.4, 0.5) is 4.39 Å². The zero-order chi connectivity index (χ0) is 11.6. The van der Waals surface area contributed by atoms with Gasteiger partial charge in [-0.25, -0.2) is 4.39 Å². The van der Waals surface area contributed by atoms with E-state index in [0.29, 0.717) is 17.8 Å². The number of hydrogen-bond donors (Lipinski definition) is 0. The van der Waals surface area contributed by atoms with E-state index in [2.05, 4.69) is 27.4 Å². The van der Waals surface area contributed by atoms with E-state index in [1.807, 2.05) is 6.92 Å². The summed E-state index contributed by atoms with van der Waals surface area (Å²) < 4.78 is 14.0. The van der Waals surface area contributed by atoms with Crippen molar-refractivity contribution in [2.24, 2.45) is 23.7 Å². The third kappa shape index (κ3) is 2.62. The van der Waals surface area contributed by atoms with Crippen molar-refractivity contribution in [3.05, 3.63) is 12.2 Å². The molecule has 0 aromatic heterocycles. The van der Waals surface area contributed by atoms with Gasteiger partial charge in [-0.05, 0) is 31.1 Å². The quantitative estimate of drug-likeness (QED) is 0.599. The van der Waals surface area contributed by atoms with E-state index in [1.165, 1.54) is 12.8 Å². The lowest BCUT2D eigenvalue weighted by Gasteiger charge is -2.42. The molecule has 4 unspecified atom stereocenters. The van der Waals surface area contributed by atoms with Crippen LogP contribution < -0.4 is 0 Å². The number of hydrogen-bond acceptors (Lipinski definition) is 0. The molecule has 0 heterocycles. The summed E-state index contributed by atoms with van der Waals surface area (Å²) in [4.78, 5) is 0. The molecule has 0 nitrogen and oxygen atoms in total. The molecule has 0 aromatic carbocycles. The van der Waals surface area contributed by atoms with Crippen molar-refractivity contribution in [1.82, 2.24) is 0 Å². The third-order valence-corrected chi connectivity index (χ3v) is 4.29. The molecule has 0 radical (unpaired) electrons. The normalized spacial score (nSPS) is 41.5. The molecule has 0 aromatic rings. The van der Waals surface area contributed by atoms with Crippen LogP contribution in [0.25, 0.3) is 0 Å². The van der Waals surface area contributed by atoms with Gasteiger partial charge in [0.1, 0.15) is 6.17 Å². The van der Waals surface area contributed by atoms with Gasteiger partial charge in [0.25, 0.3) is 0 Å². The van der Waals surface area contributed by atoms with Gasteiger partial charge < -0.3 is 0 Å². The van der Waals surface area contributed by atoms with Gasteiger partial charge in [-0.3, -0.25) is 0 Å². The maximum absolute atomic E-state index is 14.0. The summed E-state index contributed by atoms with van der Waals surface area (Å²) in [5.41, 5.74) is 1.02. The fraction of sp³-hybridized carbons (Fsp3) is 0.857. The Morgan fingerprint density at radius 2 is 1.93 bits per heavy atom. The lowest BCUT2D eigenvalue weighted by atomic mass is 9.64. The highest BCUT2D eigenvalue weighted by Gasteiger charge is 2.40. The highest BCUT2D eigenvalue weighted by Crippen LogP contribution is 2.44. The molecular formula is C14H25F. The van der Waals surface area contributed by atoms with Crippen molar-refractivity contribution in [3.8, 4) is 0 Å². The van der Waals surface area contributed by atoms with Crippen molar-refractivity contribution >= 4 is 0 Å². The van der Waals surface area contributed by atoms with Crippen LogP contribution >= 0.6 is 0 Å². The summed E-state index contributed by atoms with van der Waals surface area (Å²) in [5, 5.41) is 0. The summed E-state index contributed by atoms with van der Waals surface area (Å²) in [6.07, 6.45) is 2.43. The average molecular weight is 212 g/mol. The standard InChI is InChI=1S/C14H25F/c1-6-7-12-8-13(15)14(9(2)3)11(5)10(12)4/h10-14H,2,6-8H2,1,3-5H3/t10?,11?,12?,13-,14?/m1/s1. The van der Waals surface area contributed by atoms with Crippen LogP contribution in [0, 0.1) is 23.7 Å². The van der Waals surface area contributed by atoms with Gasteiger partial charge in [-0.1, -0.05) is 45.8 Å². The smallest absolute Gasteiger partial charge is 0.107 e. The molecule has 0 aliphatic heterocycles. The van der Waals surface area contributed by atoms with E-state index >= 15 is 0 Å². The summed E-state index contributed by atoms with van der Waals surface area (Å²) in [6.45, 7) is 12.6. The van der Waals surface area contributed by atoms with Gasteiger partial charge in [0, 0.05) is 5.92 Å². The molecule has 1 fully saturated rings. The number of halogens is 1. The first kappa shape index (κ1) is 12.7. The molecule has 0 saturated heterocycles. The molecule has 1 saturated carbocycles. The van der Waals surface area contributed by atoms with Crippen molar-refractivity contribution in [1.29, 1.82) is 0 Å². The van der Waals surface area contributed by atoms with E-state index in [1.54, 1.807) is 0 Å². The fourth-order valence-corrected chi connectivity index (χ4v) is 3.25. The zero-order valence-electron chi connectivity index (χ0n) is 10.6. The van der Waals surface area contributed by atoms with Gasteiger partial charge >= 0.3 is 0 Å². The predicted octanol–water partition coefficient (Wildman–Crippen LogP) is 4.61. The maximum atomic E-state index is 14.0. The van der Waals surface area contributed by atoms with Crippen LogP contribution in [0.15, 0.2) is 12.2 Å². The minimum atomic E-state index is -0.662. The summed E-state index contributed by atoms with van der Waals surface area (Å²) in [7, 11) is 0. The Kier molecular flexibility index (Phi) is 4.36. The Hall–Kier alpha value is -0.330. The number of allylic oxidation sites excluding steroid dienone is 1. The van der Waals surface area contributed by atoms with Gasteiger partial charge in [-0.15, -0.1) is 0 Å². The van der Waals surface area contributed by atoms with Gasteiger partial charge in [0.2, 0.25) is 0 Å². The Balaban J connectivity index is 2.74. The Morgan fingerprint density at radius 1 is 1.33 bits per heavy atom. The van der Waals surface area contributed by atoms with E-state index in [4.69, 9.17) is 0 Å². The molecule has 5 atom stereocenters. The first-order chi connectivity index (χ1) is 6.99. The predicted molar refractivity (Wildman–Crippen MR) is 64.5 cm³/mol. The minimum Gasteiger partial charge on any atom is -0.247 e. The van der Waals surface area contributed by atoms with Gasteiger partial charge in [0.15, 0.2) is 0 Å². The van der Waals surface area contributed by atoms with Crippen LogP contribution in [-0.2, 0) is 0 Å². The van der Waals surface area contributed by atoms with Crippen molar-refractivity contribution in [3.63, 3.8) is 0 Å². The van der Waals surface area contributed by atoms with Crippen LogP contribution in [-0.4, -0.2) is 6.17 Å². The number of alkyl halides is 1. The second-order valence-electron chi connectivity index (χ2n) is 5.39. The summed E-state index contributed by atoms with van der Waals surface area (Å²) in [6, 6.07) is 0. The van der Waals surface area contributed by atoms with E-state index < -0.39 is 6.17 Å². The molecular weight excluding hydrogens is 187 g/mol. The minimum absolute atomic E-state index is 0.0908. The first-order valence-corrected chi connectivity index (χ1v) is 6.28. The molecule has 15 heavy (non-hydrogen) atoms. The molecule has 1 heteroatoms. The summed E-state index contributed by atoms with van der Waals surface area (Å²) >= 11 is 0. The second kappa shape index (κ2) is 5.14. The van der Waals surface area contributed by atoms with Crippen molar-refractivity contribution in [2.75, 3.05) is 0 Å². The maximum Gasteiger partial charge on any atom is 0.107 e. The van der Waals surface area contributed by atoms with Crippen molar-refractivity contribution in [2.45, 2.75) is 53.1 Å². The Labute approximate surface area is 94.0 Å². The lowest BCUT2D eigenvalue weighted by molar-refractivity contribution is 0.0465. The molecule has 0 spiro atoms. The summed E-state index contributed by atoms with van der Waals surface area (Å²) in [5.74, 6) is 1.75. The van der Waals surface area contributed by atoms with Crippen LogP contribution in [0.1, 0.15) is 47.0 Å². The van der Waals surface area contributed by atoms with Crippen LogP contribution in [0.3, 0.4) is 0 Å². The molecule has 0 N–H and O–H groups in total. The molecule has 1 aliphatic carbocycles. The number of rotatable bonds is 3. The first-order valence-electron chi connectivity index (χ1n) is 6.28. The monoisotopic (exact) mass is 212 g/mol. The molecule has 1 rings (SSSR count). The van der Waals surface area contributed by atoms with Crippen molar-refractivity contribution < 1.29 is 4.39 Å². The Morgan fingerprint density at radius 3 is 2.40 bits per heavy atom. The largest absolute Gasteiger partial charge is 0.247 e. The molecule has 88 valence electrons. The highest BCUT2D eigenvalue weighted by molar-refractivity contribution is 5.05.